The van der Waals surface area contributed by atoms with E-state index < -0.39 is 0 Å². The molecule has 3 heteroatoms. The van der Waals surface area contributed by atoms with Crippen LogP contribution in [0.1, 0.15) is 30.4 Å². The van der Waals surface area contributed by atoms with E-state index >= 15 is 0 Å². The highest BCUT2D eigenvalue weighted by molar-refractivity contribution is 5.79. The van der Waals surface area contributed by atoms with Gasteiger partial charge in [0.15, 0.2) is 0 Å². The lowest BCUT2D eigenvalue weighted by Gasteiger charge is -2.43. The van der Waals surface area contributed by atoms with Gasteiger partial charge in [-0.15, -0.1) is 0 Å². The lowest BCUT2D eigenvalue weighted by Crippen LogP contribution is -2.51. The highest BCUT2D eigenvalue weighted by Gasteiger charge is 2.39. The second kappa shape index (κ2) is 6.22. The largest absolute Gasteiger partial charge is 0.497 e. The van der Waals surface area contributed by atoms with Crippen LogP contribution in [0, 0.1) is 0 Å². The Morgan fingerprint density at radius 1 is 1.14 bits per heavy atom. The molecule has 1 N–H and O–H groups in total. The van der Waals surface area contributed by atoms with Gasteiger partial charge in [-0.1, -0.05) is 42.5 Å². The van der Waals surface area contributed by atoms with E-state index in [1.54, 1.807) is 7.11 Å². The summed E-state index contributed by atoms with van der Waals surface area (Å²) in [6.45, 7) is 0. The van der Waals surface area contributed by atoms with Crippen molar-refractivity contribution < 1.29 is 9.53 Å². The third kappa shape index (κ3) is 2.98. The smallest absolute Gasteiger partial charge is 0.225 e. The standard InChI is InChI=1S/C19H21NO2/c1-22-17-10-5-7-15(13-17)14-18(21)20-19(11-6-12-19)16-8-3-2-4-9-16/h2-5,7-10,13H,6,11-12,14H2,1H3,(H,20,21). The van der Waals surface area contributed by atoms with Crippen LogP contribution in [0.15, 0.2) is 54.6 Å². The first-order valence-electron chi connectivity index (χ1n) is 7.71. The second-order valence-electron chi connectivity index (χ2n) is 5.88. The van der Waals surface area contributed by atoms with Crippen LogP contribution in [-0.2, 0) is 16.8 Å². The molecule has 2 aromatic rings. The van der Waals surface area contributed by atoms with Crippen LogP contribution in [0.4, 0.5) is 0 Å². The predicted molar refractivity (Wildman–Crippen MR) is 86.8 cm³/mol. The van der Waals surface area contributed by atoms with Gasteiger partial charge in [0, 0.05) is 0 Å². The van der Waals surface area contributed by atoms with Gasteiger partial charge in [0.25, 0.3) is 0 Å². The fourth-order valence-electron chi connectivity index (χ4n) is 3.05. The Balaban J connectivity index is 1.70. The van der Waals surface area contributed by atoms with Crippen LogP contribution < -0.4 is 10.1 Å². The maximum atomic E-state index is 12.4. The van der Waals surface area contributed by atoms with Gasteiger partial charge >= 0.3 is 0 Å². The number of hydrogen-bond acceptors (Lipinski definition) is 2. The minimum Gasteiger partial charge on any atom is -0.497 e. The Kier molecular flexibility index (Phi) is 4.14. The molecular weight excluding hydrogens is 274 g/mol. The SMILES string of the molecule is COc1cccc(CC(=O)NC2(c3ccccc3)CCC2)c1. The number of hydrogen-bond donors (Lipinski definition) is 1. The fourth-order valence-corrected chi connectivity index (χ4v) is 3.05. The van der Waals surface area contributed by atoms with Gasteiger partial charge in [0.1, 0.15) is 5.75 Å². The molecule has 0 bridgehead atoms. The topological polar surface area (TPSA) is 38.3 Å². The summed E-state index contributed by atoms with van der Waals surface area (Å²) in [5.74, 6) is 0.850. The Hall–Kier alpha value is -2.29. The van der Waals surface area contributed by atoms with Crippen molar-refractivity contribution in [3.63, 3.8) is 0 Å². The highest BCUT2D eigenvalue weighted by atomic mass is 16.5. The van der Waals surface area contributed by atoms with Crippen molar-refractivity contribution in [3.05, 3.63) is 65.7 Å². The summed E-state index contributed by atoms with van der Waals surface area (Å²) in [7, 11) is 1.64. The van der Waals surface area contributed by atoms with E-state index in [1.807, 2.05) is 42.5 Å². The molecule has 0 atom stereocenters. The number of benzene rings is 2. The lowest BCUT2D eigenvalue weighted by atomic mass is 9.71. The summed E-state index contributed by atoms with van der Waals surface area (Å²) >= 11 is 0. The van der Waals surface area contributed by atoms with E-state index in [0.29, 0.717) is 6.42 Å². The van der Waals surface area contributed by atoms with Gasteiger partial charge in [-0.25, -0.2) is 0 Å². The molecular formula is C19H21NO2. The normalized spacial score (nSPS) is 15.7. The van der Waals surface area contributed by atoms with Crippen LogP contribution in [0.2, 0.25) is 0 Å². The molecule has 0 unspecified atom stereocenters. The van der Waals surface area contributed by atoms with E-state index in [-0.39, 0.29) is 11.4 Å². The molecule has 3 nitrogen and oxygen atoms in total. The van der Waals surface area contributed by atoms with Gasteiger partial charge in [-0.3, -0.25) is 4.79 Å². The number of amides is 1. The van der Waals surface area contributed by atoms with E-state index in [9.17, 15) is 4.79 Å². The first-order valence-corrected chi connectivity index (χ1v) is 7.71. The van der Waals surface area contributed by atoms with Gasteiger partial charge in [-0.2, -0.15) is 0 Å². The van der Waals surface area contributed by atoms with E-state index in [2.05, 4.69) is 17.4 Å². The third-order valence-electron chi connectivity index (χ3n) is 4.41. The fraction of sp³-hybridized carbons (Fsp3) is 0.316. The zero-order valence-electron chi connectivity index (χ0n) is 12.8. The molecule has 1 aliphatic carbocycles. The molecule has 1 saturated carbocycles. The van der Waals surface area contributed by atoms with E-state index in [1.165, 1.54) is 5.56 Å². The molecule has 1 amide bonds. The molecule has 1 fully saturated rings. The molecule has 0 aromatic heterocycles. The van der Waals surface area contributed by atoms with Crippen molar-refractivity contribution in [2.75, 3.05) is 7.11 Å². The van der Waals surface area contributed by atoms with Crippen molar-refractivity contribution in [2.45, 2.75) is 31.2 Å². The number of nitrogens with one attached hydrogen (secondary N) is 1. The average molecular weight is 295 g/mol. The number of methoxy groups -OCH3 is 1. The summed E-state index contributed by atoms with van der Waals surface area (Å²) in [6, 6.07) is 17.9. The number of carbonyl (C=O) groups excluding carboxylic acids is 1. The number of rotatable bonds is 5. The Labute approximate surface area is 131 Å². The van der Waals surface area contributed by atoms with Crippen LogP contribution in [0.5, 0.6) is 5.75 Å². The first kappa shape index (κ1) is 14.6. The molecule has 0 spiro atoms. The molecule has 2 aromatic carbocycles. The summed E-state index contributed by atoms with van der Waals surface area (Å²) in [6.07, 6.45) is 3.57. The average Bonchev–Trinajstić information content (AvgIpc) is 2.52. The summed E-state index contributed by atoms with van der Waals surface area (Å²) < 4.78 is 5.21. The Morgan fingerprint density at radius 3 is 2.55 bits per heavy atom. The summed E-state index contributed by atoms with van der Waals surface area (Å²) in [4.78, 5) is 12.4. The predicted octanol–water partition coefficient (Wildman–Crippen LogP) is 3.43. The van der Waals surface area contributed by atoms with Gasteiger partial charge in [0.05, 0.1) is 19.1 Å². The lowest BCUT2D eigenvalue weighted by molar-refractivity contribution is -0.123. The summed E-state index contributed by atoms with van der Waals surface area (Å²) in [5, 5.41) is 3.25. The van der Waals surface area contributed by atoms with Crippen LogP contribution in [0.3, 0.4) is 0 Å². The molecule has 0 radical (unpaired) electrons. The van der Waals surface area contributed by atoms with Crippen LogP contribution in [0.25, 0.3) is 0 Å². The van der Waals surface area contributed by atoms with Gasteiger partial charge in [0.2, 0.25) is 5.91 Å². The molecule has 0 heterocycles. The van der Waals surface area contributed by atoms with E-state index in [0.717, 1.165) is 30.6 Å². The summed E-state index contributed by atoms with van der Waals surface area (Å²) in [5.41, 5.74) is 2.01. The maximum Gasteiger partial charge on any atom is 0.225 e. The molecule has 0 saturated heterocycles. The quantitative estimate of drug-likeness (QED) is 0.917. The van der Waals surface area contributed by atoms with Crippen molar-refractivity contribution in [1.82, 2.24) is 5.32 Å². The van der Waals surface area contributed by atoms with Crippen molar-refractivity contribution >= 4 is 5.91 Å². The molecule has 0 aliphatic heterocycles. The van der Waals surface area contributed by atoms with Crippen LogP contribution in [-0.4, -0.2) is 13.0 Å². The molecule has 1 aliphatic rings. The third-order valence-corrected chi connectivity index (χ3v) is 4.41. The van der Waals surface area contributed by atoms with Gasteiger partial charge in [-0.05, 0) is 42.5 Å². The first-order chi connectivity index (χ1) is 10.7. The molecule has 114 valence electrons. The van der Waals surface area contributed by atoms with Crippen LogP contribution >= 0.6 is 0 Å². The van der Waals surface area contributed by atoms with Crippen molar-refractivity contribution in [2.24, 2.45) is 0 Å². The number of ether oxygens (including phenoxy) is 1. The number of carbonyl (C=O) groups is 1. The zero-order chi connectivity index (χ0) is 15.4. The highest BCUT2D eigenvalue weighted by Crippen LogP contribution is 2.41. The monoisotopic (exact) mass is 295 g/mol. The van der Waals surface area contributed by atoms with Crippen molar-refractivity contribution in [3.8, 4) is 5.75 Å². The maximum absolute atomic E-state index is 12.4. The second-order valence-corrected chi connectivity index (χ2v) is 5.88. The Morgan fingerprint density at radius 2 is 1.91 bits per heavy atom. The minimum atomic E-state index is -0.169. The Bertz CT molecular complexity index is 647. The van der Waals surface area contributed by atoms with Crippen molar-refractivity contribution in [1.29, 1.82) is 0 Å². The van der Waals surface area contributed by atoms with E-state index in [4.69, 9.17) is 4.74 Å². The zero-order valence-corrected chi connectivity index (χ0v) is 12.8. The molecule has 3 rings (SSSR count). The minimum absolute atomic E-state index is 0.0665. The van der Waals surface area contributed by atoms with Gasteiger partial charge < -0.3 is 10.1 Å². The molecule has 22 heavy (non-hydrogen) atoms.